The highest BCUT2D eigenvalue weighted by molar-refractivity contribution is 5.73. The van der Waals surface area contributed by atoms with Crippen molar-refractivity contribution in [3.63, 3.8) is 0 Å². The van der Waals surface area contributed by atoms with E-state index in [1.165, 1.54) is 0 Å². The molecule has 0 bridgehead atoms. The maximum Gasteiger partial charge on any atom is 0.315 e. The van der Waals surface area contributed by atoms with Gasteiger partial charge in [0.05, 0.1) is 13.4 Å². The van der Waals surface area contributed by atoms with E-state index in [9.17, 15) is 4.79 Å². The lowest BCUT2D eigenvalue weighted by Crippen LogP contribution is -2.38. The lowest BCUT2D eigenvalue weighted by atomic mass is 10.2. The molecule has 0 unspecified atom stereocenters. The zero-order valence-corrected chi connectivity index (χ0v) is 13.9. The first-order valence-corrected chi connectivity index (χ1v) is 7.93. The lowest BCUT2D eigenvalue weighted by molar-refractivity contribution is 0.238. The standard InChI is InChI=1S/C18H20N4O3/c1-24-15-7-5-14(6-8-15)12-19-18(23)20-13-16(17-4-2-11-25-17)22-10-3-9-21-22/h2-11,16H,12-13H2,1H3,(H2,19,20,23)/t16-/m0/s1. The second-order valence-electron chi connectivity index (χ2n) is 5.43. The molecular formula is C18H20N4O3. The number of carbonyl (C=O) groups is 1. The second-order valence-corrected chi connectivity index (χ2v) is 5.43. The molecule has 7 nitrogen and oxygen atoms in total. The summed E-state index contributed by atoms with van der Waals surface area (Å²) in [5.41, 5.74) is 0.991. The van der Waals surface area contributed by atoms with Gasteiger partial charge in [-0.3, -0.25) is 4.68 Å². The number of carbonyl (C=O) groups excluding carboxylic acids is 1. The summed E-state index contributed by atoms with van der Waals surface area (Å²) in [5.74, 6) is 1.52. The smallest absolute Gasteiger partial charge is 0.315 e. The van der Waals surface area contributed by atoms with Crippen LogP contribution >= 0.6 is 0 Å². The molecule has 2 amide bonds. The van der Waals surface area contributed by atoms with Crippen LogP contribution in [0.5, 0.6) is 5.75 Å². The minimum absolute atomic E-state index is 0.197. The molecule has 3 aromatic rings. The van der Waals surface area contributed by atoms with Gasteiger partial charge in [0, 0.05) is 25.5 Å². The van der Waals surface area contributed by atoms with Gasteiger partial charge < -0.3 is 19.8 Å². The van der Waals surface area contributed by atoms with E-state index in [0.29, 0.717) is 13.1 Å². The summed E-state index contributed by atoms with van der Waals surface area (Å²) in [5, 5.41) is 9.92. The predicted octanol–water partition coefficient (Wildman–Crippen LogP) is 2.57. The van der Waals surface area contributed by atoms with Crippen molar-refractivity contribution in [1.29, 1.82) is 0 Å². The van der Waals surface area contributed by atoms with Crippen LogP contribution in [0.25, 0.3) is 0 Å². The molecule has 2 N–H and O–H groups in total. The summed E-state index contributed by atoms with van der Waals surface area (Å²) >= 11 is 0. The number of nitrogens with zero attached hydrogens (tertiary/aromatic N) is 2. The Labute approximate surface area is 145 Å². The fourth-order valence-corrected chi connectivity index (χ4v) is 2.45. The molecule has 7 heteroatoms. The number of methoxy groups -OCH3 is 1. The Hall–Kier alpha value is -3.22. The molecular weight excluding hydrogens is 320 g/mol. The largest absolute Gasteiger partial charge is 0.497 e. The summed E-state index contributed by atoms with van der Waals surface area (Å²) in [6.45, 7) is 0.798. The van der Waals surface area contributed by atoms with Gasteiger partial charge in [-0.05, 0) is 35.9 Å². The third kappa shape index (κ3) is 4.41. The molecule has 0 saturated heterocycles. The van der Waals surface area contributed by atoms with Gasteiger partial charge in [0.15, 0.2) is 0 Å². The molecule has 0 fully saturated rings. The minimum Gasteiger partial charge on any atom is -0.497 e. The Morgan fingerprint density at radius 3 is 2.72 bits per heavy atom. The molecule has 2 aromatic heterocycles. The van der Waals surface area contributed by atoms with Crippen LogP contribution in [0.4, 0.5) is 4.79 Å². The first-order chi connectivity index (χ1) is 12.3. The second kappa shape index (κ2) is 8.05. The van der Waals surface area contributed by atoms with Crippen molar-refractivity contribution < 1.29 is 13.9 Å². The fourth-order valence-electron chi connectivity index (χ4n) is 2.45. The van der Waals surface area contributed by atoms with E-state index in [-0.39, 0.29) is 12.1 Å². The molecule has 130 valence electrons. The Bertz CT molecular complexity index is 733. The van der Waals surface area contributed by atoms with Gasteiger partial charge in [0.1, 0.15) is 17.6 Å². The van der Waals surface area contributed by atoms with Crippen LogP contribution in [0.3, 0.4) is 0 Å². The Morgan fingerprint density at radius 2 is 2.08 bits per heavy atom. The summed E-state index contributed by atoms with van der Waals surface area (Å²) < 4.78 is 12.3. The van der Waals surface area contributed by atoms with Gasteiger partial charge >= 0.3 is 6.03 Å². The molecule has 25 heavy (non-hydrogen) atoms. The van der Waals surface area contributed by atoms with E-state index in [1.807, 2.05) is 48.7 Å². The zero-order chi connectivity index (χ0) is 17.5. The molecule has 3 rings (SSSR count). The van der Waals surface area contributed by atoms with E-state index in [0.717, 1.165) is 17.1 Å². The van der Waals surface area contributed by atoms with Crippen LogP contribution in [-0.4, -0.2) is 29.5 Å². The van der Waals surface area contributed by atoms with Crippen molar-refractivity contribution >= 4 is 6.03 Å². The van der Waals surface area contributed by atoms with Crippen molar-refractivity contribution in [2.24, 2.45) is 0 Å². The number of rotatable bonds is 7. The molecule has 0 aliphatic heterocycles. The Balaban J connectivity index is 1.53. The van der Waals surface area contributed by atoms with E-state index in [2.05, 4.69) is 15.7 Å². The monoisotopic (exact) mass is 340 g/mol. The number of amides is 2. The van der Waals surface area contributed by atoms with Gasteiger partial charge in [-0.1, -0.05) is 12.1 Å². The first kappa shape index (κ1) is 16.6. The highest BCUT2D eigenvalue weighted by Crippen LogP contribution is 2.17. The van der Waals surface area contributed by atoms with Crippen molar-refractivity contribution in [3.05, 3.63) is 72.4 Å². The molecule has 0 spiro atoms. The van der Waals surface area contributed by atoms with E-state index in [4.69, 9.17) is 9.15 Å². The topological polar surface area (TPSA) is 81.3 Å². The Kier molecular flexibility index (Phi) is 5.36. The van der Waals surface area contributed by atoms with Crippen LogP contribution < -0.4 is 15.4 Å². The molecule has 0 saturated carbocycles. The van der Waals surface area contributed by atoms with Crippen molar-refractivity contribution in [2.75, 3.05) is 13.7 Å². The molecule has 1 aromatic carbocycles. The van der Waals surface area contributed by atoms with E-state index >= 15 is 0 Å². The van der Waals surface area contributed by atoms with Crippen molar-refractivity contribution in [3.8, 4) is 5.75 Å². The number of hydrogen-bond donors (Lipinski definition) is 2. The zero-order valence-electron chi connectivity index (χ0n) is 13.9. The maximum atomic E-state index is 12.1. The quantitative estimate of drug-likeness (QED) is 0.693. The minimum atomic E-state index is -0.250. The predicted molar refractivity (Wildman–Crippen MR) is 92.3 cm³/mol. The van der Waals surface area contributed by atoms with Crippen LogP contribution in [0.2, 0.25) is 0 Å². The van der Waals surface area contributed by atoms with Gasteiger partial charge in [-0.2, -0.15) is 5.10 Å². The van der Waals surface area contributed by atoms with Gasteiger partial charge in [0.25, 0.3) is 0 Å². The third-order valence-electron chi connectivity index (χ3n) is 3.78. The van der Waals surface area contributed by atoms with Crippen LogP contribution in [0, 0.1) is 0 Å². The molecule has 0 aliphatic carbocycles. The number of urea groups is 1. The summed E-state index contributed by atoms with van der Waals surface area (Å²) in [6, 6.07) is 12.6. The maximum absolute atomic E-state index is 12.1. The van der Waals surface area contributed by atoms with E-state index in [1.54, 1.807) is 24.3 Å². The van der Waals surface area contributed by atoms with E-state index < -0.39 is 0 Å². The highest BCUT2D eigenvalue weighted by Gasteiger charge is 2.17. The average molecular weight is 340 g/mol. The average Bonchev–Trinajstić information content (AvgIpc) is 3.35. The Morgan fingerprint density at radius 1 is 1.24 bits per heavy atom. The van der Waals surface area contributed by atoms with Crippen LogP contribution in [-0.2, 0) is 6.54 Å². The van der Waals surface area contributed by atoms with Gasteiger partial charge in [0.2, 0.25) is 0 Å². The number of nitrogens with one attached hydrogen (secondary N) is 2. The number of ether oxygens (including phenoxy) is 1. The number of benzene rings is 1. The van der Waals surface area contributed by atoms with Crippen molar-refractivity contribution in [2.45, 2.75) is 12.6 Å². The fraction of sp³-hybridized carbons (Fsp3) is 0.222. The normalized spacial score (nSPS) is 11.7. The summed E-state index contributed by atoms with van der Waals surface area (Å²) in [6.07, 6.45) is 5.14. The van der Waals surface area contributed by atoms with Gasteiger partial charge in [-0.25, -0.2) is 4.79 Å². The van der Waals surface area contributed by atoms with Crippen LogP contribution in [0.1, 0.15) is 17.4 Å². The molecule has 1 atom stereocenters. The molecule has 2 heterocycles. The number of hydrogen-bond acceptors (Lipinski definition) is 4. The highest BCUT2D eigenvalue weighted by atomic mass is 16.5. The first-order valence-electron chi connectivity index (χ1n) is 7.93. The van der Waals surface area contributed by atoms with Crippen LogP contribution in [0.15, 0.2) is 65.5 Å². The summed E-state index contributed by atoms with van der Waals surface area (Å²) in [4.78, 5) is 12.1. The summed E-state index contributed by atoms with van der Waals surface area (Å²) in [7, 11) is 1.62. The number of aromatic nitrogens is 2. The SMILES string of the molecule is COc1ccc(CNC(=O)NC[C@@H](c2ccco2)n2cccn2)cc1. The third-order valence-corrected chi connectivity index (χ3v) is 3.78. The lowest BCUT2D eigenvalue weighted by Gasteiger charge is -2.16. The van der Waals surface area contributed by atoms with Gasteiger partial charge in [-0.15, -0.1) is 0 Å². The molecule has 0 radical (unpaired) electrons. The van der Waals surface area contributed by atoms with Crippen molar-refractivity contribution in [1.82, 2.24) is 20.4 Å². The molecule has 0 aliphatic rings. The number of furan rings is 1.